The first-order valence-corrected chi connectivity index (χ1v) is 11.4. The molecule has 0 saturated carbocycles. The Bertz CT molecular complexity index is 920. The van der Waals surface area contributed by atoms with E-state index in [1.165, 1.54) is 0 Å². The minimum absolute atomic E-state index is 0.0719. The van der Waals surface area contributed by atoms with Crippen molar-refractivity contribution in [1.82, 2.24) is 31.2 Å². The van der Waals surface area contributed by atoms with Crippen molar-refractivity contribution in [1.29, 1.82) is 0 Å². The summed E-state index contributed by atoms with van der Waals surface area (Å²) in [5.74, 6) is -0.536. The zero-order valence-electron chi connectivity index (χ0n) is 17.7. The lowest BCUT2D eigenvalue weighted by atomic mass is 9.95. The van der Waals surface area contributed by atoms with E-state index in [-0.39, 0.29) is 30.4 Å². The van der Waals surface area contributed by atoms with Crippen molar-refractivity contribution in [2.45, 2.75) is 56.1 Å². The molecule has 4 heterocycles. The molecule has 1 aromatic carbocycles. The van der Waals surface area contributed by atoms with Gasteiger partial charge in [0.1, 0.15) is 18.9 Å². The Balaban J connectivity index is 1.43. The average molecular weight is 427 g/mol. The van der Waals surface area contributed by atoms with Gasteiger partial charge in [0.2, 0.25) is 5.91 Å². The first kappa shape index (κ1) is 20.8. The van der Waals surface area contributed by atoms with E-state index >= 15 is 0 Å². The van der Waals surface area contributed by atoms with Crippen LogP contribution in [0.4, 0.5) is 4.39 Å². The SMILES string of the molecule is O=C1NC(N2CCC[C@H]2CF)NC(N[C@@H]2CCCNC2)C1c1ccc2ccccc2n1. The molecule has 3 aliphatic rings. The van der Waals surface area contributed by atoms with Crippen LogP contribution in [-0.4, -0.2) is 66.6 Å². The molecule has 3 saturated heterocycles. The van der Waals surface area contributed by atoms with E-state index in [2.05, 4.69) is 26.2 Å². The highest BCUT2D eigenvalue weighted by Gasteiger charge is 2.43. The number of rotatable bonds is 5. The molecule has 0 radical (unpaired) electrons. The van der Waals surface area contributed by atoms with Crippen LogP contribution in [0.25, 0.3) is 10.9 Å². The van der Waals surface area contributed by atoms with E-state index in [0.29, 0.717) is 0 Å². The van der Waals surface area contributed by atoms with Gasteiger partial charge >= 0.3 is 0 Å². The Labute approximate surface area is 182 Å². The highest BCUT2D eigenvalue weighted by molar-refractivity contribution is 5.86. The number of likely N-dealkylation sites (tertiary alicyclic amines) is 1. The van der Waals surface area contributed by atoms with Gasteiger partial charge in [-0.2, -0.15) is 0 Å². The van der Waals surface area contributed by atoms with Crippen LogP contribution in [0.1, 0.15) is 37.3 Å². The fourth-order valence-corrected chi connectivity index (χ4v) is 5.18. The number of alkyl halides is 1. The maximum Gasteiger partial charge on any atom is 0.234 e. The van der Waals surface area contributed by atoms with Gasteiger partial charge in [0.05, 0.1) is 17.4 Å². The van der Waals surface area contributed by atoms with Gasteiger partial charge in [0, 0.05) is 30.6 Å². The number of aromatic nitrogens is 1. The van der Waals surface area contributed by atoms with Crippen LogP contribution in [-0.2, 0) is 4.79 Å². The number of benzene rings is 1. The summed E-state index contributed by atoms with van der Waals surface area (Å²) in [7, 11) is 0. The lowest BCUT2D eigenvalue weighted by Gasteiger charge is -2.44. The van der Waals surface area contributed by atoms with Gasteiger partial charge in [-0.05, 0) is 44.4 Å². The summed E-state index contributed by atoms with van der Waals surface area (Å²) in [5.41, 5.74) is 1.62. The van der Waals surface area contributed by atoms with E-state index in [4.69, 9.17) is 4.98 Å². The molecule has 166 valence electrons. The van der Waals surface area contributed by atoms with Crippen LogP contribution in [0.3, 0.4) is 0 Å². The maximum absolute atomic E-state index is 13.5. The number of hydrogen-bond acceptors (Lipinski definition) is 6. The number of fused-ring (bicyclic) bond motifs is 1. The Hall–Kier alpha value is -2.13. The molecule has 2 aromatic rings. The summed E-state index contributed by atoms with van der Waals surface area (Å²) in [6, 6.07) is 12.0. The van der Waals surface area contributed by atoms with Gasteiger partial charge in [-0.25, -0.2) is 4.39 Å². The normalized spacial score (nSPS) is 32.3. The lowest BCUT2D eigenvalue weighted by Crippen LogP contribution is -2.71. The number of carbonyl (C=O) groups excluding carboxylic acids is 1. The Morgan fingerprint density at radius 3 is 2.90 bits per heavy atom. The summed E-state index contributed by atoms with van der Waals surface area (Å²) >= 11 is 0. The number of para-hydroxylation sites is 1. The number of nitrogens with zero attached hydrogens (tertiary/aromatic N) is 2. The maximum atomic E-state index is 13.5. The number of piperidine rings is 1. The monoisotopic (exact) mass is 426 g/mol. The van der Waals surface area contributed by atoms with Crippen LogP contribution >= 0.6 is 0 Å². The van der Waals surface area contributed by atoms with Crippen LogP contribution in [0.5, 0.6) is 0 Å². The minimum atomic E-state index is -0.464. The predicted octanol–water partition coefficient (Wildman–Crippen LogP) is 1.42. The molecular weight excluding hydrogens is 395 g/mol. The fourth-order valence-electron chi connectivity index (χ4n) is 5.18. The molecule has 5 atom stereocenters. The number of halogens is 1. The van der Waals surface area contributed by atoms with Crippen LogP contribution in [0, 0.1) is 0 Å². The second-order valence-corrected chi connectivity index (χ2v) is 8.86. The molecule has 3 aliphatic heterocycles. The quantitative estimate of drug-likeness (QED) is 0.579. The Morgan fingerprint density at radius 2 is 2.06 bits per heavy atom. The van der Waals surface area contributed by atoms with E-state index in [9.17, 15) is 9.18 Å². The third kappa shape index (κ3) is 4.30. The first-order chi connectivity index (χ1) is 15.2. The summed E-state index contributed by atoms with van der Waals surface area (Å²) in [4.78, 5) is 20.2. The van der Waals surface area contributed by atoms with Crippen LogP contribution in [0.2, 0.25) is 0 Å². The molecule has 0 bridgehead atoms. The van der Waals surface area contributed by atoms with Crippen molar-refractivity contribution in [3.8, 4) is 0 Å². The largest absolute Gasteiger partial charge is 0.327 e. The molecule has 0 spiro atoms. The molecule has 0 aliphatic carbocycles. The van der Waals surface area contributed by atoms with E-state index in [1.807, 2.05) is 36.4 Å². The van der Waals surface area contributed by atoms with Crippen molar-refractivity contribution >= 4 is 16.8 Å². The molecule has 7 nitrogen and oxygen atoms in total. The summed E-state index contributed by atoms with van der Waals surface area (Å²) in [5, 5.41) is 14.8. The average Bonchev–Trinajstić information content (AvgIpc) is 3.28. The third-order valence-electron chi connectivity index (χ3n) is 6.82. The van der Waals surface area contributed by atoms with Crippen molar-refractivity contribution in [3.63, 3.8) is 0 Å². The van der Waals surface area contributed by atoms with Gasteiger partial charge in [-0.1, -0.05) is 24.3 Å². The molecule has 31 heavy (non-hydrogen) atoms. The summed E-state index contributed by atoms with van der Waals surface area (Å²) in [6.45, 7) is 2.29. The van der Waals surface area contributed by atoms with Gasteiger partial charge in [0.25, 0.3) is 0 Å². The van der Waals surface area contributed by atoms with E-state index in [0.717, 1.165) is 61.9 Å². The number of carbonyl (C=O) groups is 1. The Kier molecular flexibility index (Phi) is 6.13. The predicted molar refractivity (Wildman–Crippen MR) is 118 cm³/mol. The van der Waals surface area contributed by atoms with E-state index < -0.39 is 12.6 Å². The summed E-state index contributed by atoms with van der Waals surface area (Å²) < 4.78 is 13.5. The minimum Gasteiger partial charge on any atom is -0.327 e. The number of hydrogen-bond donors (Lipinski definition) is 4. The second kappa shape index (κ2) is 9.16. The fraction of sp³-hybridized carbons (Fsp3) is 0.565. The standard InChI is InChI=1S/C23H31FN6O/c24-13-17-7-4-12-30(17)23-28-21(26-16-6-3-11-25-14-16)20(22(31)29-23)19-10-9-15-5-1-2-8-18(15)27-19/h1-2,5,8-10,16-17,20-21,23,25-26,28H,3-4,6-7,11-14H2,(H,29,31)/t16-,17+,20?,21?,23?/m1/s1. The molecule has 4 N–H and O–H groups in total. The van der Waals surface area contributed by atoms with Gasteiger partial charge in [-0.3, -0.25) is 25.3 Å². The van der Waals surface area contributed by atoms with E-state index in [1.54, 1.807) is 0 Å². The van der Waals surface area contributed by atoms with Crippen molar-refractivity contribution in [2.24, 2.45) is 0 Å². The van der Waals surface area contributed by atoms with Crippen LogP contribution in [0.15, 0.2) is 36.4 Å². The zero-order chi connectivity index (χ0) is 21.2. The van der Waals surface area contributed by atoms with Crippen molar-refractivity contribution in [3.05, 3.63) is 42.1 Å². The van der Waals surface area contributed by atoms with Crippen LogP contribution < -0.4 is 21.3 Å². The number of nitrogens with one attached hydrogen (secondary N) is 4. The first-order valence-electron chi connectivity index (χ1n) is 11.4. The van der Waals surface area contributed by atoms with Gasteiger partial charge in [-0.15, -0.1) is 0 Å². The van der Waals surface area contributed by atoms with Crippen molar-refractivity contribution in [2.75, 3.05) is 26.3 Å². The lowest BCUT2D eigenvalue weighted by molar-refractivity contribution is -0.130. The molecule has 1 amide bonds. The smallest absolute Gasteiger partial charge is 0.234 e. The summed E-state index contributed by atoms with van der Waals surface area (Å²) in [6.07, 6.45) is 3.29. The molecule has 3 fully saturated rings. The number of amides is 1. The molecule has 3 unspecified atom stereocenters. The molecule has 1 aromatic heterocycles. The Morgan fingerprint density at radius 1 is 1.16 bits per heavy atom. The molecule has 8 heteroatoms. The molecule has 5 rings (SSSR count). The number of pyridine rings is 1. The van der Waals surface area contributed by atoms with Gasteiger partial charge in [0.15, 0.2) is 0 Å². The zero-order valence-corrected chi connectivity index (χ0v) is 17.7. The topological polar surface area (TPSA) is 81.3 Å². The third-order valence-corrected chi connectivity index (χ3v) is 6.82. The van der Waals surface area contributed by atoms with Gasteiger partial charge < -0.3 is 10.6 Å². The highest BCUT2D eigenvalue weighted by Crippen LogP contribution is 2.27. The molecular formula is C23H31FN6O. The second-order valence-electron chi connectivity index (χ2n) is 8.86. The van der Waals surface area contributed by atoms with Crippen molar-refractivity contribution < 1.29 is 9.18 Å². The highest BCUT2D eigenvalue weighted by atomic mass is 19.1.